The fourth-order valence-electron chi connectivity index (χ4n) is 0.966. The molecule has 0 bridgehead atoms. The summed E-state index contributed by atoms with van der Waals surface area (Å²) in [6.45, 7) is 0. The number of carbonyl (C=O) groups is 1. The van der Waals surface area contributed by atoms with Crippen LogP contribution in [-0.2, 0) is 9.84 Å². The molecule has 1 aromatic rings. The molecule has 0 heterocycles. The van der Waals surface area contributed by atoms with Crippen LogP contribution in [0.15, 0.2) is 23.1 Å². The molecule has 1 rings (SSSR count). The van der Waals surface area contributed by atoms with E-state index in [2.05, 4.69) is 0 Å². The van der Waals surface area contributed by atoms with Crippen LogP contribution in [0.3, 0.4) is 0 Å². The van der Waals surface area contributed by atoms with Crippen LogP contribution in [0.1, 0.15) is 15.9 Å². The highest BCUT2D eigenvalue weighted by Gasteiger charge is 2.10. The molecule has 0 fully saturated rings. The standard InChI is InChI=1S/C9H7NO3S/c1-14(12,13)9-3-2-7(6-11)8(4-9)5-10/h2-4,6H,1H3. The molecule has 0 N–H and O–H groups in total. The van der Waals surface area contributed by atoms with E-state index in [0.717, 1.165) is 6.26 Å². The molecule has 1 aromatic carbocycles. The number of benzene rings is 1. The monoisotopic (exact) mass is 209 g/mol. The number of rotatable bonds is 2. The Morgan fingerprint density at radius 1 is 1.43 bits per heavy atom. The van der Waals surface area contributed by atoms with Crippen molar-refractivity contribution in [3.05, 3.63) is 29.3 Å². The van der Waals surface area contributed by atoms with Gasteiger partial charge < -0.3 is 0 Å². The van der Waals surface area contributed by atoms with Crippen molar-refractivity contribution in [1.82, 2.24) is 0 Å². The largest absolute Gasteiger partial charge is 0.298 e. The van der Waals surface area contributed by atoms with Crippen LogP contribution in [0.4, 0.5) is 0 Å². The van der Waals surface area contributed by atoms with Gasteiger partial charge in [0, 0.05) is 11.8 Å². The first-order valence-corrected chi connectivity index (χ1v) is 5.57. The van der Waals surface area contributed by atoms with Gasteiger partial charge in [0.1, 0.15) is 0 Å². The third-order valence-electron chi connectivity index (χ3n) is 1.70. The van der Waals surface area contributed by atoms with E-state index in [0.29, 0.717) is 6.29 Å². The van der Waals surface area contributed by atoms with Gasteiger partial charge in [-0.25, -0.2) is 8.42 Å². The van der Waals surface area contributed by atoms with Gasteiger partial charge in [-0.1, -0.05) is 0 Å². The van der Waals surface area contributed by atoms with E-state index in [1.165, 1.54) is 18.2 Å². The minimum Gasteiger partial charge on any atom is -0.298 e. The number of nitrogens with zero attached hydrogens (tertiary/aromatic N) is 1. The fraction of sp³-hybridized carbons (Fsp3) is 0.111. The molecule has 0 saturated carbocycles. The molecule has 72 valence electrons. The second-order valence-corrected chi connectivity index (χ2v) is 4.77. The molecule has 0 aliphatic rings. The number of hydrogen-bond donors (Lipinski definition) is 0. The summed E-state index contributed by atoms with van der Waals surface area (Å²) < 4.78 is 22.2. The maximum atomic E-state index is 11.1. The third kappa shape index (κ3) is 1.98. The van der Waals surface area contributed by atoms with Gasteiger partial charge in [-0.05, 0) is 18.2 Å². The van der Waals surface area contributed by atoms with Crippen LogP contribution in [-0.4, -0.2) is 21.0 Å². The number of carbonyl (C=O) groups excluding carboxylic acids is 1. The molecule has 0 aliphatic heterocycles. The SMILES string of the molecule is CS(=O)(=O)c1ccc(C=O)c(C#N)c1. The second-order valence-electron chi connectivity index (χ2n) is 2.75. The van der Waals surface area contributed by atoms with E-state index in [1.54, 1.807) is 6.07 Å². The number of nitriles is 1. The van der Waals surface area contributed by atoms with Gasteiger partial charge in [-0.2, -0.15) is 5.26 Å². The number of aldehydes is 1. The smallest absolute Gasteiger partial charge is 0.175 e. The summed E-state index contributed by atoms with van der Waals surface area (Å²) in [6, 6.07) is 5.58. The lowest BCUT2D eigenvalue weighted by atomic mass is 10.1. The Labute approximate surface area is 81.7 Å². The number of hydrogen-bond acceptors (Lipinski definition) is 4. The van der Waals surface area contributed by atoms with Crippen molar-refractivity contribution >= 4 is 16.1 Å². The van der Waals surface area contributed by atoms with Crippen LogP contribution in [0, 0.1) is 11.3 Å². The fourth-order valence-corrected chi connectivity index (χ4v) is 1.61. The Morgan fingerprint density at radius 3 is 2.50 bits per heavy atom. The average molecular weight is 209 g/mol. The summed E-state index contributed by atoms with van der Waals surface area (Å²) in [7, 11) is -3.33. The predicted molar refractivity (Wildman–Crippen MR) is 49.7 cm³/mol. The van der Waals surface area contributed by atoms with E-state index < -0.39 is 9.84 Å². The van der Waals surface area contributed by atoms with Gasteiger partial charge >= 0.3 is 0 Å². The summed E-state index contributed by atoms with van der Waals surface area (Å²) >= 11 is 0. The van der Waals surface area contributed by atoms with E-state index in [-0.39, 0.29) is 16.0 Å². The van der Waals surface area contributed by atoms with E-state index in [1.807, 2.05) is 0 Å². The first-order valence-electron chi connectivity index (χ1n) is 3.68. The maximum absolute atomic E-state index is 11.1. The van der Waals surface area contributed by atoms with Gasteiger partial charge in [0.05, 0.1) is 16.5 Å². The Morgan fingerprint density at radius 2 is 2.07 bits per heavy atom. The van der Waals surface area contributed by atoms with E-state index in [9.17, 15) is 13.2 Å². The van der Waals surface area contributed by atoms with Crippen LogP contribution in [0.25, 0.3) is 0 Å². The lowest BCUT2D eigenvalue weighted by Gasteiger charge is -1.99. The molecule has 14 heavy (non-hydrogen) atoms. The zero-order valence-electron chi connectivity index (χ0n) is 7.39. The molecule has 0 atom stereocenters. The molecule has 0 saturated heterocycles. The third-order valence-corrected chi connectivity index (χ3v) is 2.81. The van der Waals surface area contributed by atoms with Crippen LogP contribution < -0.4 is 0 Å². The summed E-state index contributed by atoms with van der Waals surface area (Å²) in [5.74, 6) is 0. The van der Waals surface area contributed by atoms with Gasteiger partial charge in [0.2, 0.25) is 0 Å². The second kappa shape index (κ2) is 3.60. The topological polar surface area (TPSA) is 75.0 Å². The van der Waals surface area contributed by atoms with Crippen LogP contribution in [0.5, 0.6) is 0 Å². The van der Waals surface area contributed by atoms with Crippen LogP contribution >= 0.6 is 0 Å². The molecule has 0 spiro atoms. The highest BCUT2D eigenvalue weighted by Crippen LogP contribution is 2.13. The Hall–Kier alpha value is -1.67. The highest BCUT2D eigenvalue weighted by atomic mass is 32.2. The summed E-state index contributed by atoms with van der Waals surface area (Å²) in [5.41, 5.74) is 0.267. The molecule has 4 nitrogen and oxygen atoms in total. The normalized spacial score (nSPS) is 10.6. The highest BCUT2D eigenvalue weighted by molar-refractivity contribution is 7.90. The molecule has 0 aliphatic carbocycles. The van der Waals surface area contributed by atoms with Crippen molar-refractivity contribution in [2.24, 2.45) is 0 Å². The molecule has 0 radical (unpaired) electrons. The Kier molecular flexibility index (Phi) is 2.68. The average Bonchev–Trinajstić information content (AvgIpc) is 2.15. The predicted octanol–water partition coefficient (Wildman–Crippen LogP) is 0.774. The molecular weight excluding hydrogens is 202 g/mol. The van der Waals surface area contributed by atoms with Crippen molar-refractivity contribution in [2.75, 3.05) is 6.26 Å². The molecular formula is C9H7NO3S. The summed E-state index contributed by atoms with van der Waals surface area (Å²) in [6.07, 6.45) is 1.56. The lowest BCUT2D eigenvalue weighted by molar-refractivity contribution is 0.112. The Balaban J connectivity index is 3.45. The molecule has 5 heteroatoms. The van der Waals surface area contributed by atoms with Crippen molar-refractivity contribution in [3.8, 4) is 6.07 Å². The minimum absolute atomic E-state index is 0.0413. The maximum Gasteiger partial charge on any atom is 0.175 e. The van der Waals surface area contributed by atoms with Crippen molar-refractivity contribution < 1.29 is 13.2 Å². The van der Waals surface area contributed by atoms with Gasteiger partial charge in [0.25, 0.3) is 0 Å². The zero-order valence-corrected chi connectivity index (χ0v) is 8.21. The first-order chi connectivity index (χ1) is 6.49. The summed E-state index contributed by atoms with van der Waals surface area (Å²) in [5, 5.41) is 8.64. The van der Waals surface area contributed by atoms with E-state index >= 15 is 0 Å². The number of sulfone groups is 1. The van der Waals surface area contributed by atoms with Gasteiger partial charge in [0.15, 0.2) is 16.1 Å². The van der Waals surface area contributed by atoms with Crippen molar-refractivity contribution in [1.29, 1.82) is 5.26 Å². The molecule has 0 amide bonds. The zero-order chi connectivity index (χ0) is 10.8. The van der Waals surface area contributed by atoms with Crippen molar-refractivity contribution in [2.45, 2.75) is 4.90 Å². The van der Waals surface area contributed by atoms with Gasteiger partial charge in [-0.15, -0.1) is 0 Å². The lowest BCUT2D eigenvalue weighted by Crippen LogP contribution is -1.99. The molecule has 0 unspecified atom stereocenters. The summed E-state index contributed by atoms with van der Waals surface area (Å²) in [4.78, 5) is 10.5. The van der Waals surface area contributed by atoms with Gasteiger partial charge in [-0.3, -0.25) is 4.79 Å². The molecule has 0 aromatic heterocycles. The van der Waals surface area contributed by atoms with Crippen LogP contribution in [0.2, 0.25) is 0 Å². The Bertz CT molecular complexity index is 511. The van der Waals surface area contributed by atoms with Crippen molar-refractivity contribution in [3.63, 3.8) is 0 Å². The quantitative estimate of drug-likeness (QED) is 0.674. The van der Waals surface area contributed by atoms with E-state index in [4.69, 9.17) is 5.26 Å². The first kappa shape index (κ1) is 10.4. The minimum atomic E-state index is -3.33.